The van der Waals surface area contributed by atoms with E-state index in [1.54, 1.807) is 9.42 Å². The SMILES string of the molecule is CCc1cc(-c2cc(C3CCN(C(=O)OC(C)(C)C)C3)n3ncnc(N)c23)cc(F)c1CO. The van der Waals surface area contributed by atoms with Crippen molar-refractivity contribution in [3.63, 3.8) is 0 Å². The fraction of sp³-hybridized carbons (Fsp3) is 0.458. The van der Waals surface area contributed by atoms with Gasteiger partial charge in [-0.05, 0) is 56.9 Å². The summed E-state index contributed by atoms with van der Waals surface area (Å²) in [6.45, 7) is 8.16. The number of carbonyl (C=O) groups is 1. The first-order chi connectivity index (χ1) is 15.6. The number of rotatable bonds is 4. The summed E-state index contributed by atoms with van der Waals surface area (Å²) in [6, 6.07) is 5.25. The number of aliphatic hydroxyl groups is 1. The number of fused-ring (bicyclic) bond motifs is 1. The van der Waals surface area contributed by atoms with Crippen molar-refractivity contribution in [2.75, 3.05) is 18.8 Å². The van der Waals surface area contributed by atoms with Gasteiger partial charge in [0.1, 0.15) is 23.3 Å². The van der Waals surface area contributed by atoms with Crippen LogP contribution < -0.4 is 5.73 Å². The molecule has 8 nitrogen and oxygen atoms in total. The standard InChI is InChI=1S/C24H30FN5O3/c1-5-14-8-16(9-19(25)18(14)12-31)17-10-20(30-21(17)22(26)27-13-28-30)15-6-7-29(11-15)23(32)33-24(2,3)4/h8-10,13,15,31H,5-7,11-12H2,1-4H3,(H2,26,27,28). The Balaban J connectivity index is 1.76. The smallest absolute Gasteiger partial charge is 0.410 e. The Hall–Kier alpha value is -3.20. The first kappa shape index (κ1) is 23.0. The fourth-order valence-electron chi connectivity index (χ4n) is 4.44. The molecule has 3 aromatic rings. The number of carbonyl (C=O) groups excluding carboxylic acids is 1. The predicted octanol–water partition coefficient (Wildman–Crippen LogP) is 3.90. The number of nitrogens with zero attached hydrogens (tertiary/aromatic N) is 4. The monoisotopic (exact) mass is 455 g/mol. The number of hydrogen-bond acceptors (Lipinski definition) is 6. The molecule has 0 spiro atoms. The summed E-state index contributed by atoms with van der Waals surface area (Å²) in [6.07, 6.45) is 2.38. The van der Waals surface area contributed by atoms with Crippen molar-refractivity contribution in [2.24, 2.45) is 0 Å². The number of aromatic nitrogens is 3. The number of aryl methyl sites for hydroxylation is 1. The second-order valence-electron chi connectivity index (χ2n) is 9.41. The summed E-state index contributed by atoms with van der Waals surface area (Å²) in [5, 5.41) is 14.0. The number of likely N-dealkylation sites (tertiary alicyclic amines) is 1. The Morgan fingerprint density at radius 2 is 2.09 bits per heavy atom. The lowest BCUT2D eigenvalue weighted by atomic mass is 9.97. The molecule has 1 unspecified atom stereocenters. The van der Waals surface area contributed by atoms with Crippen molar-refractivity contribution in [1.29, 1.82) is 0 Å². The Morgan fingerprint density at radius 1 is 1.33 bits per heavy atom. The number of nitrogen functional groups attached to an aromatic ring is 1. The van der Waals surface area contributed by atoms with E-state index in [9.17, 15) is 14.3 Å². The molecule has 9 heteroatoms. The highest BCUT2D eigenvalue weighted by Gasteiger charge is 2.33. The summed E-state index contributed by atoms with van der Waals surface area (Å²) in [7, 11) is 0. The lowest BCUT2D eigenvalue weighted by Gasteiger charge is -2.24. The Kier molecular flexibility index (Phi) is 6.00. The number of benzene rings is 1. The van der Waals surface area contributed by atoms with Crippen molar-refractivity contribution in [3.8, 4) is 11.1 Å². The van der Waals surface area contributed by atoms with E-state index in [1.165, 1.54) is 12.4 Å². The van der Waals surface area contributed by atoms with Gasteiger partial charge < -0.3 is 20.5 Å². The molecule has 0 aliphatic carbocycles. The van der Waals surface area contributed by atoms with Crippen LogP contribution in [0.5, 0.6) is 0 Å². The Morgan fingerprint density at radius 3 is 2.76 bits per heavy atom. The van der Waals surface area contributed by atoms with Gasteiger partial charge in [-0.25, -0.2) is 18.7 Å². The number of halogens is 1. The van der Waals surface area contributed by atoms with Crippen molar-refractivity contribution in [2.45, 2.75) is 58.7 Å². The van der Waals surface area contributed by atoms with Gasteiger partial charge in [0.05, 0.1) is 6.61 Å². The number of nitrogens with two attached hydrogens (primary N) is 1. The van der Waals surface area contributed by atoms with Crippen LogP contribution in [0, 0.1) is 5.82 Å². The van der Waals surface area contributed by atoms with Gasteiger partial charge in [-0.3, -0.25) is 0 Å². The van der Waals surface area contributed by atoms with E-state index >= 15 is 0 Å². The lowest BCUT2D eigenvalue weighted by molar-refractivity contribution is 0.0292. The summed E-state index contributed by atoms with van der Waals surface area (Å²) in [4.78, 5) is 18.4. The molecule has 1 aromatic carbocycles. The maximum atomic E-state index is 14.8. The molecule has 0 radical (unpaired) electrons. The zero-order valence-electron chi connectivity index (χ0n) is 19.4. The summed E-state index contributed by atoms with van der Waals surface area (Å²) in [5.74, 6) is -0.154. The summed E-state index contributed by atoms with van der Waals surface area (Å²) in [5.41, 5.74) is 9.55. The van der Waals surface area contributed by atoms with Crippen LogP contribution in [0.3, 0.4) is 0 Å². The maximum Gasteiger partial charge on any atom is 0.410 e. The second kappa shape index (κ2) is 8.62. The van der Waals surface area contributed by atoms with E-state index in [-0.39, 0.29) is 24.4 Å². The average Bonchev–Trinajstić information content (AvgIpc) is 3.37. The van der Waals surface area contributed by atoms with E-state index in [2.05, 4.69) is 10.1 Å². The van der Waals surface area contributed by atoms with Crippen LogP contribution in [0.15, 0.2) is 24.5 Å². The molecule has 1 amide bonds. The van der Waals surface area contributed by atoms with Crippen molar-refractivity contribution < 1.29 is 19.0 Å². The molecule has 1 atom stereocenters. The minimum Gasteiger partial charge on any atom is -0.444 e. The molecule has 3 heterocycles. The largest absolute Gasteiger partial charge is 0.444 e. The third-order valence-electron chi connectivity index (χ3n) is 6.01. The van der Waals surface area contributed by atoms with Crippen LogP contribution in [0.25, 0.3) is 16.6 Å². The highest BCUT2D eigenvalue weighted by Crippen LogP contribution is 2.37. The van der Waals surface area contributed by atoms with E-state index in [4.69, 9.17) is 10.5 Å². The molecule has 4 rings (SSSR count). The Labute approximate surface area is 192 Å². The normalized spacial score (nSPS) is 16.5. The highest BCUT2D eigenvalue weighted by atomic mass is 19.1. The minimum atomic E-state index is -0.562. The minimum absolute atomic E-state index is 0.0141. The molecule has 3 N–H and O–H groups in total. The van der Waals surface area contributed by atoms with Gasteiger partial charge in [0.25, 0.3) is 0 Å². The lowest BCUT2D eigenvalue weighted by Crippen LogP contribution is -2.35. The van der Waals surface area contributed by atoms with Gasteiger partial charge in [0.15, 0.2) is 5.82 Å². The molecule has 0 bridgehead atoms. The summed E-state index contributed by atoms with van der Waals surface area (Å²) >= 11 is 0. The average molecular weight is 456 g/mol. The topological polar surface area (TPSA) is 106 Å². The molecule has 0 saturated carbocycles. The molecule has 1 aliphatic rings. The van der Waals surface area contributed by atoms with E-state index < -0.39 is 11.4 Å². The van der Waals surface area contributed by atoms with E-state index in [0.29, 0.717) is 36.2 Å². The van der Waals surface area contributed by atoms with Crippen LogP contribution in [-0.4, -0.2) is 49.4 Å². The van der Waals surface area contributed by atoms with Gasteiger partial charge in [0, 0.05) is 35.8 Å². The van der Waals surface area contributed by atoms with Gasteiger partial charge in [-0.15, -0.1) is 0 Å². The zero-order chi connectivity index (χ0) is 23.9. The molecule has 33 heavy (non-hydrogen) atoms. The van der Waals surface area contributed by atoms with Gasteiger partial charge in [0.2, 0.25) is 0 Å². The van der Waals surface area contributed by atoms with Gasteiger partial charge in [-0.2, -0.15) is 5.10 Å². The molecule has 1 aliphatic heterocycles. The number of ether oxygens (including phenoxy) is 1. The van der Waals surface area contributed by atoms with E-state index in [0.717, 1.165) is 23.2 Å². The first-order valence-corrected chi connectivity index (χ1v) is 11.2. The molecule has 176 valence electrons. The molecule has 1 saturated heterocycles. The summed E-state index contributed by atoms with van der Waals surface area (Å²) < 4.78 is 22.0. The second-order valence-corrected chi connectivity index (χ2v) is 9.41. The number of aliphatic hydroxyl groups excluding tert-OH is 1. The van der Waals surface area contributed by atoms with Crippen LogP contribution in [0.1, 0.15) is 56.9 Å². The van der Waals surface area contributed by atoms with Gasteiger partial charge in [-0.1, -0.05) is 13.0 Å². The van der Waals surface area contributed by atoms with Crippen molar-refractivity contribution in [1.82, 2.24) is 19.5 Å². The molecular weight excluding hydrogens is 425 g/mol. The quantitative estimate of drug-likeness (QED) is 0.618. The molecular formula is C24H30FN5O3. The third kappa shape index (κ3) is 4.37. The fourth-order valence-corrected chi connectivity index (χ4v) is 4.44. The van der Waals surface area contributed by atoms with E-state index in [1.807, 2.05) is 39.8 Å². The third-order valence-corrected chi connectivity index (χ3v) is 6.01. The maximum absolute atomic E-state index is 14.8. The number of amides is 1. The molecule has 1 fully saturated rings. The molecule has 2 aromatic heterocycles. The highest BCUT2D eigenvalue weighted by molar-refractivity contribution is 5.88. The van der Waals surface area contributed by atoms with Crippen LogP contribution in [0.2, 0.25) is 0 Å². The predicted molar refractivity (Wildman–Crippen MR) is 123 cm³/mol. The number of anilines is 1. The van der Waals surface area contributed by atoms with Gasteiger partial charge >= 0.3 is 6.09 Å². The Bertz CT molecular complexity index is 1200. The first-order valence-electron chi connectivity index (χ1n) is 11.2. The van der Waals surface area contributed by atoms with Crippen molar-refractivity contribution >= 4 is 17.4 Å². The van der Waals surface area contributed by atoms with Crippen LogP contribution in [0.4, 0.5) is 15.0 Å². The van der Waals surface area contributed by atoms with Crippen molar-refractivity contribution in [3.05, 3.63) is 47.2 Å². The zero-order valence-corrected chi connectivity index (χ0v) is 19.4. The van der Waals surface area contributed by atoms with Crippen LogP contribution >= 0.6 is 0 Å². The number of hydrogen-bond donors (Lipinski definition) is 2. The van der Waals surface area contributed by atoms with Crippen LogP contribution in [-0.2, 0) is 17.8 Å².